The lowest BCUT2D eigenvalue weighted by Crippen LogP contribution is -2.32. The third kappa shape index (κ3) is 1.24. The first-order valence-corrected chi connectivity index (χ1v) is 5.77. The highest BCUT2D eigenvalue weighted by molar-refractivity contribution is 5.99. The van der Waals surface area contributed by atoms with E-state index in [0.29, 0.717) is 0 Å². The van der Waals surface area contributed by atoms with Crippen molar-refractivity contribution in [3.8, 4) is 5.75 Å². The van der Waals surface area contributed by atoms with Gasteiger partial charge >= 0.3 is 0 Å². The van der Waals surface area contributed by atoms with Crippen LogP contribution in [0.4, 0.5) is 0 Å². The van der Waals surface area contributed by atoms with Crippen molar-refractivity contribution in [3.05, 3.63) is 28.3 Å². The maximum atomic E-state index is 11.8. The molecular weight excluding hydrogens is 202 g/mol. The molecule has 0 bridgehead atoms. The number of hydrogen-bond acceptors (Lipinski definition) is 2. The average molecular weight is 217 g/mol. The fourth-order valence-electron chi connectivity index (χ4n) is 2.72. The molecule has 3 nitrogen and oxygen atoms in total. The van der Waals surface area contributed by atoms with Gasteiger partial charge in [0.15, 0.2) is 0 Å². The molecule has 2 aliphatic rings. The van der Waals surface area contributed by atoms with E-state index in [9.17, 15) is 4.79 Å². The molecule has 0 aromatic heterocycles. The van der Waals surface area contributed by atoms with Gasteiger partial charge in [0.2, 0.25) is 0 Å². The fraction of sp³-hybridized carbons (Fsp3) is 0.462. The van der Waals surface area contributed by atoms with Gasteiger partial charge in [0, 0.05) is 24.1 Å². The second kappa shape index (κ2) is 3.24. The number of carbonyl (C=O) groups is 1. The monoisotopic (exact) mass is 217 g/mol. The van der Waals surface area contributed by atoms with E-state index in [1.807, 2.05) is 6.92 Å². The van der Waals surface area contributed by atoms with Crippen molar-refractivity contribution in [2.75, 3.05) is 6.54 Å². The smallest absolute Gasteiger partial charge is 0.251 e. The van der Waals surface area contributed by atoms with Gasteiger partial charge in [0.1, 0.15) is 11.9 Å². The van der Waals surface area contributed by atoms with Gasteiger partial charge in [0.25, 0.3) is 5.91 Å². The third-order valence-electron chi connectivity index (χ3n) is 3.41. The van der Waals surface area contributed by atoms with E-state index in [-0.39, 0.29) is 12.0 Å². The molecule has 3 heteroatoms. The fourth-order valence-corrected chi connectivity index (χ4v) is 2.72. The minimum Gasteiger partial charge on any atom is -0.490 e. The van der Waals surface area contributed by atoms with Gasteiger partial charge in [-0.15, -0.1) is 0 Å². The first kappa shape index (κ1) is 9.70. The van der Waals surface area contributed by atoms with Crippen LogP contribution in [0.2, 0.25) is 0 Å². The zero-order chi connectivity index (χ0) is 11.3. The zero-order valence-electron chi connectivity index (χ0n) is 9.59. The minimum atomic E-state index is 0.0460. The quantitative estimate of drug-likeness (QED) is 0.717. The van der Waals surface area contributed by atoms with Crippen molar-refractivity contribution in [2.24, 2.45) is 0 Å². The number of nitrogens with one attached hydrogen (secondary N) is 1. The van der Waals surface area contributed by atoms with Crippen LogP contribution in [0.3, 0.4) is 0 Å². The molecule has 1 aromatic carbocycles. The van der Waals surface area contributed by atoms with Gasteiger partial charge < -0.3 is 10.1 Å². The molecule has 84 valence electrons. The van der Waals surface area contributed by atoms with Crippen LogP contribution in [-0.2, 0) is 12.8 Å². The van der Waals surface area contributed by atoms with Crippen molar-refractivity contribution < 1.29 is 9.53 Å². The Bertz CT molecular complexity index is 479. The van der Waals surface area contributed by atoms with Gasteiger partial charge in [-0.3, -0.25) is 4.79 Å². The van der Waals surface area contributed by atoms with Gasteiger partial charge in [-0.25, -0.2) is 0 Å². The van der Waals surface area contributed by atoms with E-state index in [4.69, 9.17) is 4.74 Å². The van der Waals surface area contributed by atoms with E-state index in [2.05, 4.69) is 18.3 Å². The molecule has 1 N–H and O–H groups in total. The SMILES string of the molecule is Cc1c2c(cc3c1C(=O)NCC3)CC(C)O2. The second-order valence-corrected chi connectivity index (χ2v) is 4.66. The molecule has 16 heavy (non-hydrogen) atoms. The summed E-state index contributed by atoms with van der Waals surface area (Å²) in [5, 5.41) is 2.89. The minimum absolute atomic E-state index is 0.0460. The maximum Gasteiger partial charge on any atom is 0.251 e. The summed E-state index contributed by atoms with van der Waals surface area (Å²) in [7, 11) is 0. The van der Waals surface area contributed by atoms with Crippen molar-refractivity contribution in [1.82, 2.24) is 5.32 Å². The number of rotatable bonds is 0. The van der Waals surface area contributed by atoms with Gasteiger partial charge in [0.05, 0.1) is 0 Å². The van der Waals surface area contributed by atoms with Gasteiger partial charge in [-0.2, -0.15) is 0 Å². The Morgan fingerprint density at radius 1 is 1.44 bits per heavy atom. The molecule has 2 heterocycles. The lowest BCUT2D eigenvalue weighted by molar-refractivity contribution is 0.0944. The number of fused-ring (bicyclic) bond motifs is 2. The number of amides is 1. The lowest BCUT2D eigenvalue weighted by atomic mass is 9.92. The summed E-state index contributed by atoms with van der Waals surface area (Å²) in [5.74, 6) is 0.980. The maximum absolute atomic E-state index is 11.8. The van der Waals surface area contributed by atoms with E-state index < -0.39 is 0 Å². The molecule has 0 radical (unpaired) electrons. The third-order valence-corrected chi connectivity index (χ3v) is 3.41. The zero-order valence-corrected chi connectivity index (χ0v) is 9.59. The number of carbonyl (C=O) groups excluding carboxylic acids is 1. The highest BCUT2D eigenvalue weighted by Crippen LogP contribution is 2.36. The molecule has 3 rings (SSSR count). The normalized spacial score (nSPS) is 22.1. The molecule has 0 saturated heterocycles. The number of benzene rings is 1. The summed E-state index contributed by atoms with van der Waals surface area (Å²) in [6, 6.07) is 2.15. The van der Waals surface area contributed by atoms with E-state index in [1.54, 1.807) is 0 Å². The molecule has 0 saturated carbocycles. The van der Waals surface area contributed by atoms with Crippen molar-refractivity contribution in [1.29, 1.82) is 0 Å². The molecular formula is C13H15NO2. The molecule has 1 amide bonds. The van der Waals surface area contributed by atoms with E-state index in [1.165, 1.54) is 11.1 Å². The molecule has 1 aromatic rings. The summed E-state index contributed by atoms with van der Waals surface area (Å²) in [5.41, 5.74) is 4.28. The summed E-state index contributed by atoms with van der Waals surface area (Å²) < 4.78 is 5.77. The molecule has 0 spiro atoms. The van der Waals surface area contributed by atoms with Crippen LogP contribution >= 0.6 is 0 Å². The molecule has 1 unspecified atom stereocenters. The lowest BCUT2D eigenvalue weighted by Gasteiger charge is -2.20. The largest absolute Gasteiger partial charge is 0.490 e. The van der Waals surface area contributed by atoms with Gasteiger partial charge in [-0.1, -0.05) is 6.07 Å². The topological polar surface area (TPSA) is 38.3 Å². The average Bonchev–Trinajstić information content (AvgIpc) is 2.59. The highest BCUT2D eigenvalue weighted by Gasteiger charge is 2.28. The molecule has 0 fully saturated rings. The Labute approximate surface area is 94.8 Å². The van der Waals surface area contributed by atoms with Crippen LogP contribution in [-0.4, -0.2) is 18.6 Å². The van der Waals surface area contributed by atoms with Crippen LogP contribution in [0.1, 0.15) is 34.0 Å². The van der Waals surface area contributed by atoms with Crippen LogP contribution in [0.15, 0.2) is 6.07 Å². The Balaban J connectivity index is 2.21. The second-order valence-electron chi connectivity index (χ2n) is 4.66. The summed E-state index contributed by atoms with van der Waals surface area (Å²) in [6.07, 6.45) is 2.13. The van der Waals surface area contributed by atoms with Crippen LogP contribution in [0.25, 0.3) is 0 Å². The number of hydrogen-bond donors (Lipinski definition) is 1. The molecule has 2 aliphatic heterocycles. The predicted octanol–water partition coefficient (Wildman–Crippen LogP) is 1.60. The van der Waals surface area contributed by atoms with Crippen molar-refractivity contribution in [3.63, 3.8) is 0 Å². The highest BCUT2D eigenvalue weighted by atomic mass is 16.5. The summed E-state index contributed by atoms with van der Waals surface area (Å²) in [4.78, 5) is 11.8. The molecule has 1 atom stereocenters. The Kier molecular flexibility index (Phi) is 1.96. The summed E-state index contributed by atoms with van der Waals surface area (Å²) in [6.45, 7) is 4.81. The predicted molar refractivity (Wildman–Crippen MR) is 61.0 cm³/mol. The van der Waals surface area contributed by atoms with Crippen molar-refractivity contribution >= 4 is 5.91 Å². The number of ether oxygens (including phenoxy) is 1. The van der Waals surface area contributed by atoms with E-state index in [0.717, 1.165) is 36.3 Å². The summed E-state index contributed by atoms with van der Waals surface area (Å²) >= 11 is 0. The van der Waals surface area contributed by atoms with Crippen molar-refractivity contribution in [2.45, 2.75) is 32.8 Å². The van der Waals surface area contributed by atoms with Crippen LogP contribution in [0.5, 0.6) is 5.75 Å². The van der Waals surface area contributed by atoms with E-state index >= 15 is 0 Å². The Hall–Kier alpha value is -1.51. The van der Waals surface area contributed by atoms with Crippen LogP contribution in [0, 0.1) is 6.92 Å². The standard InChI is InChI=1S/C13H15NO2/c1-7-5-10-6-9-3-4-14-13(15)11(9)8(2)12(10)16-7/h6-7H,3-5H2,1-2H3,(H,14,15). The first-order valence-electron chi connectivity index (χ1n) is 5.77. The Morgan fingerprint density at radius 3 is 3.06 bits per heavy atom. The van der Waals surface area contributed by atoms with Gasteiger partial charge in [-0.05, 0) is 31.4 Å². The Morgan fingerprint density at radius 2 is 2.25 bits per heavy atom. The first-order chi connectivity index (χ1) is 7.66. The molecule has 0 aliphatic carbocycles. The van der Waals surface area contributed by atoms with Crippen LogP contribution < -0.4 is 10.1 Å².